The molecule has 0 heterocycles. The monoisotopic (exact) mass is 434 g/mol. The third kappa shape index (κ3) is 6.69. The molecule has 2 rings (SSSR count). The highest BCUT2D eigenvalue weighted by Crippen LogP contribution is 2.34. The molecule has 1 aromatic carbocycles. The van der Waals surface area contributed by atoms with E-state index in [1.807, 2.05) is 0 Å². The van der Waals surface area contributed by atoms with Crippen molar-refractivity contribution in [2.24, 2.45) is 11.7 Å². The molecule has 1 fully saturated rings. The van der Waals surface area contributed by atoms with Crippen LogP contribution in [0, 0.1) is 5.92 Å². The molecule has 1 aliphatic rings. The lowest BCUT2D eigenvalue weighted by Crippen LogP contribution is -2.39. The standard InChI is InChI=1S/C21H33F3N2O2S/c1-3-18(25)7-5-4-6-16-8-12-19(13-9-16)26(2)29(27,28)20-14-10-17(11-15-20)21(22,23)24/h10-11,14-16,18-19H,3-9,12-13,25H2,1-2H3. The molecule has 0 bridgehead atoms. The van der Waals surface area contributed by atoms with E-state index in [1.54, 1.807) is 0 Å². The van der Waals surface area contributed by atoms with E-state index in [0.717, 1.165) is 82.1 Å². The molecule has 2 N–H and O–H groups in total. The molecule has 8 heteroatoms. The van der Waals surface area contributed by atoms with Crippen molar-refractivity contribution in [1.82, 2.24) is 4.31 Å². The second-order valence-electron chi connectivity index (χ2n) is 8.17. The summed E-state index contributed by atoms with van der Waals surface area (Å²) >= 11 is 0. The van der Waals surface area contributed by atoms with Crippen molar-refractivity contribution >= 4 is 10.0 Å². The highest BCUT2D eigenvalue weighted by Gasteiger charge is 2.33. The highest BCUT2D eigenvalue weighted by molar-refractivity contribution is 7.89. The zero-order valence-corrected chi connectivity index (χ0v) is 18.1. The average Bonchev–Trinajstić information content (AvgIpc) is 2.70. The van der Waals surface area contributed by atoms with E-state index >= 15 is 0 Å². The van der Waals surface area contributed by atoms with Crippen LogP contribution in [0.1, 0.15) is 70.3 Å². The van der Waals surface area contributed by atoms with E-state index in [0.29, 0.717) is 5.92 Å². The Bertz CT molecular complexity index is 727. The second kappa shape index (κ2) is 10.3. The molecule has 0 amide bonds. The van der Waals surface area contributed by atoms with Crippen LogP contribution >= 0.6 is 0 Å². The van der Waals surface area contributed by atoms with Crippen LogP contribution < -0.4 is 5.73 Å². The van der Waals surface area contributed by atoms with Gasteiger partial charge < -0.3 is 5.73 Å². The van der Waals surface area contributed by atoms with E-state index in [2.05, 4.69) is 6.92 Å². The predicted molar refractivity (Wildman–Crippen MR) is 109 cm³/mol. The normalized spacial score (nSPS) is 22.0. The molecular formula is C21H33F3N2O2S. The minimum atomic E-state index is -4.48. The number of hydrogen-bond donors (Lipinski definition) is 1. The molecule has 0 aliphatic heterocycles. The Balaban J connectivity index is 1.87. The van der Waals surface area contributed by atoms with Gasteiger partial charge in [-0.1, -0.05) is 26.2 Å². The first-order valence-electron chi connectivity index (χ1n) is 10.5. The summed E-state index contributed by atoms with van der Waals surface area (Å²) in [6.07, 6.45) is 4.57. The maximum atomic E-state index is 12.8. The first-order valence-corrected chi connectivity index (χ1v) is 11.9. The lowest BCUT2D eigenvalue weighted by molar-refractivity contribution is -0.137. The maximum Gasteiger partial charge on any atom is 0.416 e. The minimum absolute atomic E-state index is 0.0950. The first-order chi connectivity index (χ1) is 13.6. The first kappa shape index (κ1) is 24.2. The number of nitrogens with two attached hydrogens (primary N) is 1. The smallest absolute Gasteiger partial charge is 0.328 e. The van der Waals surface area contributed by atoms with Crippen LogP contribution in [-0.4, -0.2) is 31.9 Å². The van der Waals surface area contributed by atoms with Crippen molar-refractivity contribution in [1.29, 1.82) is 0 Å². The fourth-order valence-corrected chi connectivity index (χ4v) is 5.44. The summed E-state index contributed by atoms with van der Waals surface area (Å²) in [6, 6.07) is 3.91. The Kier molecular flexibility index (Phi) is 8.55. The summed E-state index contributed by atoms with van der Waals surface area (Å²) in [5, 5.41) is 0. The summed E-state index contributed by atoms with van der Waals surface area (Å²) in [7, 11) is -2.27. The lowest BCUT2D eigenvalue weighted by atomic mass is 9.83. The number of benzene rings is 1. The van der Waals surface area contributed by atoms with Crippen molar-refractivity contribution in [3.05, 3.63) is 29.8 Å². The number of nitrogens with zero attached hydrogens (tertiary/aromatic N) is 1. The molecule has 29 heavy (non-hydrogen) atoms. The fourth-order valence-electron chi connectivity index (χ4n) is 4.02. The van der Waals surface area contributed by atoms with Gasteiger partial charge in [-0.25, -0.2) is 8.42 Å². The van der Waals surface area contributed by atoms with Gasteiger partial charge in [0.2, 0.25) is 10.0 Å². The number of sulfonamides is 1. The Hall–Kier alpha value is -1.12. The van der Waals surface area contributed by atoms with Gasteiger partial charge in [-0.15, -0.1) is 0 Å². The predicted octanol–water partition coefficient (Wildman–Crippen LogP) is 5.18. The van der Waals surface area contributed by atoms with Crippen molar-refractivity contribution in [2.45, 2.75) is 87.9 Å². The molecule has 0 spiro atoms. The van der Waals surface area contributed by atoms with Crippen molar-refractivity contribution in [3.63, 3.8) is 0 Å². The summed E-state index contributed by atoms with van der Waals surface area (Å²) < 4.78 is 65.1. The van der Waals surface area contributed by atoms with Gasteiger partial charge in [0, 0.05) is 19.1 Å². The molecule has 1 unspecified atom stereocenters. The van der Waals surface area contributed by atoms with E-state index < -0.39 is 21.8 Å². The Labute approximate surface area is 172 Å². The van der Waals surface area contributed by atoms with Crippen molar-refractivity contribution in [3.8, 4) is 0 Å². The van der Waals surface area contributed by atoms with E-state index in [4.69, 9.17) is 5.73 Å². The van der Waals surface area contributed by atoms with Gasteiger partial charge in [-0.2, -0.15) is 17.5 Å². The molecule has 1 saturated carbocycles. The summed E-state index contributed by atoms with van der Waals surface area (Å²) in [5.41, 5.74) is 5.10. The van der Waals surface area contributed by atoms with Crippen LogP contribution in [0.25, 0.3) is 0 Å². The van der Waals surface area contributed by atoms with Crippen LogP contribution in [0.4, 0.5) is 13.2 Å². The zero-order valence-electron chi connectivity index (χ0n) is 17.3. The number of unbranched alkanes of at least 4 members (excludes halogenated alkanes) is 1. The maximum absolute atomic E-state index is 12.8. The average molecular weight is 435 g/mol. The quantitative estimate of drug-likeness (QED) is 0.545. The van der Waals surface area contributed by atoms with Gasteiger partial charge in [0.05, 0.1) is 10.5 Å². The lowest BCUT2D eigenvalue weighted by Gasteiger charge is -2.34. The highest BCUT2D eigenvalue weighted by atomic mass is 32.2. The number of halogens is 3. The molecule has 1 atom stereocenters. The van der Waals surface area contributed by atoms with Crippen LogP contribution in [0.3, 0.4) is 0 Å². The van der Waals surface area contributed by atoms with Gasteiger partial charge in [0.1, 0.15) is 0 Å². The third-order valence-corrected chi connectivity index (χ3v) is 8.08. The number of hydrogen-bond acceptors (Lipinski definition) is 3. The van der Waals surface area contributed by atoms with Gasteiger partial charge in [0.25, 0.3) is 0 Å². The molecule has 4 nitrogen and oxygen atoms in total. The van der Waals surface area contributed by atoms with Crippen molar-refractivity contribution in [2.75, 3.05) is 7.05 Å². The SMILES string of the molecule is CCC(N)CCCCC1CCC(N(C)S(=O)(=O)c2ccc(C(F)(F)F)cc2)CC1. The Morgan fingerprint density at radius 3 is 2.21 bits per heavy atom. The molecule has 1 aromatic rings. The van der Waals surface area contributed by atoms with E-state index in [1.165, 1.54) is 11.4 Å². The number of alkyl halides is 3. The molecule has 0 aromatic heterocycles. The molecule has 1 aliphatic carbocycles. The van der Waals surface area contributed by atoms with Crippen LogP contribution in [0.5, 0.6) is 0 Å². The minimum Gasteiger partial charge on any atom is -0.328 e. The fraction of sp³-hybridized carbons (Fsp3) is 0.714. The van der Waals surface area contributed by atoms with Gasteiger partial charge >= 0.3 is 6.18 Å². The molecule has 166 valence electrons. The van der Waals surface area contributed by atoms with Crippen molar-refractivity contribution < 1.29 is 21.6 Å². The van der Waals surface area contributed by atoms with E-state index in [-0.39, 0.29) is 17.0 Å². The second-order valence-corrected chi connectivity index (χ2v) is 10.2. The van der Waals surface area contributed by atoms with Gasteiger partial charge in [0.15, 0.2) is 0 Å². The molecule has 0 saturated heterocycles. The van der Waals surface area contributed by atoms with Gasteiger partial charge in [-0.05, 0) is 68.7 Å². The van der Waals surface area contributed by atoms with Crippen LogP contribution in [-0.2, 0) is 16.2 Å². The Morgan fingerprint density at radius 1 is 1.10 bits per heavy atom. The van der Waals surface area contributed by atoms with Crippen LogP contribution in [0.15, 0.2) is 29.2 Å². The van der Waals surface area contributed by atoms with E-state index in [9.17, 15) is 21.6 Å². The largest absolute Gasteiger partial charge is 0.416 e. The Morgan fingerprint density at radius 2 is 1.69 bits per heavy atom. The summed E-state index contributed by atoms with van der Waals surface area (Å²) in [4.78, 5) is -0.0950. The molecular weight excluding hydrogens is 401 g/mol. The van der Waals surface area contributed by atoms with Gasteiger partial charge in [-0.3, -0.25) is 0 Å². The zero-order chi connectivity index (χ0) is 21.7. The summed E-state index contributed by atoms with van der Waals surface area (Å²) in [5.74, 6) is 0.617. The summed E-state index contributed by atoms with van der Waals surface area (Å²) in [6.45, 7) is 2.10. The molecule has 0 radical (unpaired) electrons. The topological polar surface area (TPSA) is 63.4 Å². The van der Waals surface area contributed by atoms with Crippen LogP contribution in [0.2, 0.25) is 0 Å². The number of rotatable bonds is 9. The third-order valence-electron chi connectivity index (χ3n) is 6.15.